The summed E-state index contributed by atoms with van der Waals surface area (Å²) in [6, 6.07) is 8.85. The summed E-state index contributed by atoms with van der Waals surface area (Å²) in [5.74, 6) is -0.0621. The zero-order chi connectivity index (χ0) is 17.8. The van der Waals surface area contributed by atoms with Gasteiger partial charge in [0.1, 0.15) is 6.04 Å². The minimum absolute atomic E-state index is 0.0188. The van der Waals surface area contributed by atoms with E-state index in [1.54, 1.807) is 21.6 Å². The molecule has 1 unspecified atom stereocenters. The van der Waals surface area contributed by atoms with Crippen molar-refractivity contribution < 1.29 is 19.1 Å². The maximum Gasteiger partial charge on any atom is 0.409 e. The Balaban J connectivity index is 1.65. The quantitative estimate of drug-likeness (QED) is 0.832. The van der Waals surface area contributed by atoms with Crippen LogP contribution in [0.25, 0.3) is 0 Å². The first-order valence-corrected chi connectivity index (χ1v) is 8.69. The number of anilines is 1. The van der Waals surface area contributed by atoms with Crippen molar-refractivity contribution in [2.24, 2.45) is 0 Å². The van der Waals surface area contributed by atoms with Crippen LogP contribution in [0.2, 0.25) is 0 Å². The second-order valence-corrected chi connectivity index (χ2v) is 6.17. The molecule has 0 radical (unpaired) electrons. The van der Waals surface area contributed by atoms with Crippen LogP contribution in [-0.2, 0) is 14.3 Å². The lowest BCUT2D eigenvalue weighted by atomic mass is 10.1. The van der Waals surface area contributed by atoms with E-state index in [0.29, 0.717) is 45.6 Å². The third-order valence-corrected chi connectivity index (χ3v) is 4.65. The zero-order valence-corrected chi connectivity index (χ0v) is 14.4. The van der Waals surface area contributed by atoms with E-state index in [1.807, 2.05) is 30.3 Å². The number of amides is 3. The molecule has 1 aromatic rings. The number of hydrogen-bond donors (Lipinski definition) is 0. The lowest BCUT2D eigenvalue weighted by molar-refractivity contribution is -0.134. The van der Waals surface area contributed by atoms with Crippen molar-refractivity contribution in [1.29, 1.82) is 0 Å². The van der Waals surface area contributed by atoms with Gasteiger partial charge in [-0.2, -0.15) is 0 Å². The minimum Gasteiger partial charge on any atom is -0.450 e. The molecule has 7 nitrogen and oxygen atoms in total. The summed E-state index contributed by atoms with van der Waals surface area (Å²) in [7, 11) is 0. The van der Waals surface area contributed by atoms with Crippen LogP contribution in [0, 0.1) is 0 Å². The van der Waals surface area contributed by atoms with E-state index in [-0.39, 0.29) is 17.9 Å². The van der Waals surface area contributed by atoms with Gasteiger partial charge in [-0.15, -0.1) is 0 Å². The fraction of sp³-hybridized carbons (Fsp3) is 0.500. The number of hydrogen-bond acceptors (Lipinski definition) is 4. The minimum atomic E-state index is -0.455. The fourth-order valence-electron chi connectivity index (χ4n) is 3.36. The highest BCUT2D eigenvalue weighted by atomic mass is 16.6. The van der Waals surface area contributed by atoms with Crippen LogP contribution in [0.1, 0.15) is 19.8 Å². The van der Waals surface area contributed by atoms with Crippen molar-refractivity contribution in [1.82, 2.24) is 9.80 Å². The van der Waals surface area contributed by atoms with Gasteiger partial charge in [-0.1, -0.05) is 18.2 Å². The normalized spacial score (nSPS) is 20.8. The summed E-state index contributed by atoms with van der Waals surface area (Å²) >= 11 is 0. The SMILES string of the molecule is CCOC(=O)N1CCN(C(=O)C2CCC(=O)N2c2ccccc2)CC1. The first-order valence-electron chi connectivity index (χ1n) is 8.69. The number of para-hydroxylation sites is 1. The van der Waals surface area contributed by atoms with Gasteiger partial charge in [-0.25, -0.2) is 4.79 Å². The molecule has 2 heterocycles. The molecule has 2 aliphatic rings. The van der Waals surface area contributed by atoms with Gasteiger partial charge in [-0.3, -0.25) is 14.5 Å². The summed E-state index contributed by atoms with van der Waals surface area (Å²) in [5, 5.41) is 0. The van der Waals surface area contributed by atoms with E-state index in [9.17, 15) is 14.4 Å². The summed E-state index contributed by atoms with van der Waals surface area (Å²) in [4.78, 5) is 41.9. The molecule has 2 fully saturated rings. The highest BCUT2D eigenvalue weighted by Crippen LogP contribution is 2.28. The molecule has 25 heavy (non-hydrogen) atoms. The van der Waals surface area contributed by atoms with E-state index in [1.165, 1.54) is 0 Å². The van der Waals surface area contributed by atoms with Crippen molar-refractivity contribution in [3.05, 3.63) is 30.3 Å². The zero-order valence-electron chi connectivity index (χ0n) is 14.4. The van der Waals surface area contributed by atoms with Gasteiger partial charge < -0.3 is 14.5 Å². The Morgan fingerprint density at radius 1 is 1.08 bits per heavy atom. The van der Waals surface area contributed by atoms with Crippen molar-refractivity contribution in [3.8, 4) is 0 Å². The molecule has 7 heteroatoms. The summed E-state index contributed by atoms with van der Waals surface area (Å²) in [5.41, 5.74) is 0.758. The Labute approximate surface area is 147 Å². The van der Waals surface area contributed by atoms with Gasteiger partial charge in [-0.05, 0) is 25.5 Å². The Kier molecular flexibility index (Phi) is 5.21. The molecule has 0 N–H and O–H groups in total. The topological polar surface area (TPSA) is 70.2 Å². The number of benzene rings is 1. The van der Waals surface area contributed by atoms with Crippen LogP contribution in [-0.4, -0.2) is 66.5 Å². The molecule has 2 saturated heterocycles. The lowest BCUT2D eigenvalue weighted by Crippen LogP contribution is -2.55. The number of ether oxygens (including phenoxy) is 1. The molecule has 0 aliphatic carbocycles. The Morgan fingerprint density at radius 3 is 2.36 bits per heavy atom. The van der Waals surface area contributed by atoms with Crippen molar-refractivity contribution in [2.45, 2.75) is 25.8 Å². The molecule has 0 aromatic heterocycles. The monoisotopic (exact) mass is 345 g/mol. The lowest BCUT2D eigenvalue weighted by Gasteiger charge is -2.36. The molecule has 134 valence electrons. The van der Waals surface area contributed by atoms with Gasteiger partial charge in [0.2, 0.25) is 11.8 Å². The summed E-state index contributed by atoms with van der Waals surface area (Å²) in [6.45, 7) is 3.95. The van der Waals surface area contributed by atoms with Crippen LogP contribution < -0.4 is 4.90 Å². The number of piperazine rings is 1. The van der Waals surface area contributed by atoms with Crippen molar-refractivity contribution >= 4 is 23.6 Å². The Bertz CT molecular complexity index is 641. The van der Waals surface area contributed by atoms with Crippen molar-refractivity contribution in [2.75, 3.05) is 37.7 Å². The van der Waals surface area contributed by atoms with Gasteiger partial charge in [0.05, 0.1) is 6.61 Å². The standard InChI is InChI=1S/C18H23N3O4/c1-2-25-18(24)20-12-10-19(11-13-20)17(23)15-8-9-16(22)21(15)14-6-4-3-5-7-14/h3-7,15H,2,8-13H2,1H3. The molecular weight excluding hydrogens is 322 g/mol. The molecule has 3 rings (SSSR count). The Hall–Kier alpha value is -2.57. The maximum absolute atomic E-state index is 12.9. The predicted octanol–water partition coefficient (Wildman–Crippen LogP) is 1.48. The second kappa shape index (κ2) is 7.55. The van der Waals surface area contributed by atoms with Crippen LogP contribution in [0.4, 0.5) is 10.5 Å². The molecule has 1 atom stereocenters. The first kappa shape index (κ1) is 17.3. The Morgan fingerprint density at radius 2 is 1.72 bits per heavy atom. The van der Waals surface area contributed by atoms with Gasteiger partial charge in [0.25, 0.3) is 0 Å². The average molecular weight is 345 g/mol. The number of carbonyl (C=O) groups is 3. The molecule has 2 aliphatic heterocycles. The van der Waals surface area contributed by atoms with Crippen LogP contribution in [0.3, 0.4) is 0 Å². The first-order chi connectivity index (χ1) is 12.1. The van der Waals surface area contributed by atoms with E-state index in [4.69, 9.17) is 4.74 Å². The van der Waals surface area contributed by atoms with Gasteiger partial charge >= 0.3 is 6.09 Å². The molecular formula is C18H23N3O4. The van der Waals surface area contributed by atoms with Gasteiger partial charge in [0.15, 0.2) is 0 Å². The van der Waals surface area contributed by atoms with E-state index in [2.05, 4.69) is 0 Å². The maximum atomic E-state index is 12.9. The summed E-state index contributed by atoms with van der Waals surface area (Å²) in [6.07, 6.45) is 0.579. The third-order valence-electron chi connectivity index (χ3n) is 4.65. The highest BCUT2D eigenvalue weighted by Gasteiger charge is 2.40. The number of nitrogens with zero attached hydrogens (tertiary/aromatic N) is 3. The second-order valence-electron chi connectivity index (χ2n) is 6.17. The fourth-order valence-corrected chi connectivity index (χ4v) is 3.36. The van der Waals surface area contributed by atoms with Gasteiger partial charge in [0, 0.05) is 38.3 Å². The number of carbonyl (C=O) groups excluding carboxylic acids is 3. The average Bonchev–Trinajstić information content (AvgIpc) is 3.03. The smallest absolute Gasteiger partial charge is 0.409 e. The number of rotatable bonds is 3. The third kappa shape index (κ3) is 3.60. The molecule has 3 amide bonds. The van der Waals surface area contributed by atoms with E-state index < -0.39 is 6.04 Å². The predicted molar refractivity (Wildman–Crippen MR) is 92.1 cm³/mol. The van der Waals surface area contributed by atoms with Crippen LogP contribution >= 0.6 is 0 Å². The van der Waals surface area contributed by atoms with Crippen LogP contribution in [0.5, 0.6) is 0 Å². The van der Waals surface area contributed by atoms with E-state index >= 15 is 0 Å². The van der Waals surface area contributed by atoms with E-state index in [0.717, 1.165) is 5.69 Å². The highest BCUT2D eigenvalue weighted by molar-refractivity contribution is 6.03. The molecule has 0 bridgehead atoms. The van der Waals surface area contributed by atoms with Crippen LogP contribution in [0.15, 0.2) is 30.3 Å². The largest absolute Gasteiger partial charge is 0.450 e. The molecule has 1 aromatic carbocycles. The molecule has 0 saturated carbocycles. The molecule has 0 spiro atoms. The summed E-state index contributed by atoms with van der Waals surface area (Å²) < 4.78 is 5.00. The van der Waals surface area contributed by atoms with Crippen molar-refractivity contribution in [3.63, 3.8) is 0 Å².